The minimum atomic E-state index is -0.620. The second kappa shape index (κ2) is 7.78. The van der Waals surface area contributed by atoms with E-state index < -0.39 is 11.6 Å². The molecule has 0 bridgehead atoms. The van der Waals surface area contributed by atoms with Crippen LogP contribution in [0.15, 0.2) is 82.7 Å². The molecule has 3 aromatic carbocycles. The van der Waals surface area contributed by atoms with Crippen molar-refractivity contribution in [1.29, 1.82) is 0 Å². The Labute approximate surface area is 164 Å². The van der Waals surface area contributed by atoms with Crippen LogP contribution in [0.3, 0.4) is 0 Å². The predicted molar refractivity (Wildman–Crippen MR) is 109 cm³/mol. The summed E-state index contributed by atoms with van der Waals surface area (Å²) in [4.78, 5) is 17.1. The number of rotatable bonds is 3. The third-order valence-electron chi connectivity index (χ3n) is 4.04. The van der Waals surface area contributed by atoms with Gasteiger partial charge in [-0.05, 0) is 58.8 Å². The number of nitrogens with zero attached hydrogens (tertiary/aromatic N) is 1. The molecule has 1 saturated heterocycles. The van der Waals surface area contributed by atoms with Crippen LogP contribution < -0.4 is 5.32 Å². The molecule has 1 aliphatic rings. The average molecular weight is 392 g/mol. The lowest BCUT2D eigenvalue weighted by molar-refractivity contribution is -0.115. The van der Waals surface area contributed by atoms with Crippen molar-refractivity contribution in [2.75, 3.05) is 0 Å². The second-order valence-corrected chi connectivity index (χ2v) is 7.13. The van der Waals surface area contributed by atoms with Crippen molar-refractivity contribution in [2.45, 2.75) is 0 Å². The summed E-state index contributed by atoms with van der Waals surface area (Å²) in [6.07, 6.45) is 1.75. The van der Waals surface area contributed by atoms with E-state index >= 15 is 0 Å². The molecule has 0 spiro atoms. The van der Waals surface area contributed by atoms with Crippen LogP contribution in [-0.2, 0) is 4.79 Å². The molecule has 0 unspecified atom stereocenters. The maximum absolute atomic E-state index is 13.4. The maximum Gasteiger partial charge on any atom is 0.264 e. The van der Waals surface area contributed by atoms with Crippen molar-refractivity contribution in [3.8, 4) is 11.1 Å². The van der Waals surface area contributed by atoms with Crippen LogP contribution in [0.2, 0.25) is 0 Å². The number of hydrogen-bond donors (Lipinski definition) is 1. The molecule has 0 aromatic heterocycles. The fourth-order valence-corrected chi connectivity index (χ4v) is 3.59. The summed E-state index contributed by atoms with van der Waals surface area (Å²) in [5.74, 6) is -1.45. The Bertz CT molecular complexity index is 1070. The van der Waals surface area contributed by atoms with E-state index in [1.54, 1.807) is 30.3 Å². The van der Waals surface area contributed by atoms with Crippen LogP contribution in [0.25, 0.3) is 17.2 Å². The largest absolute Gasteiger partial charge is 0.300 e. The Kier molecular flexibility index (Phi) is 5.04. The van der Waals surface area contributed by atoms with E-state index in [-0.39, 0.29) is 5.91 Å². The summed E-state index contributed by atoms with van der Waals surface area (Å²) in [5, 5.41) is 3.27. The topological polar surface area (TPSA) is 41.5 Å². The minimum Gasteiger partial charge on any atom is -0.300 e. The molecular formula is C22H14F2N2OS. The number of benzene rings is 3. The predicted octanol–water partition coefficient (Wildman–Crippen LogP) is 5.52. The summed E-state index contributed by atoms with van der Waals surface area (Å²) in [7, 11) is 0. The molecule has 6 heteroatoms. The van der Waals surface area contributed by atoms with Gasteiger partial charge in [0, 0.05) is 6.07 Å². The number of carbonyl (C=O) groups is 1. The fraction of sp³-hybridized carbons (Fsp3) is 0. The van der Waals surface area contributed by atoms with Crippen LogP contribution in [-0.4, -0.2) is 11.1 Å². The monoisotopic (exact) mass is 392 g/mol. The van der Waals surface area contributed by atoms with Gasteiger partial charge in [0.2, 0.25) is 0 Å². The third-order valence-corrected chi connectivity index (χ3v) is 4.95. The quantitative estimate of drug-likeness (QED) is 0.596. The number of amidine groups is 1. The van der Waals surface area contributed by atoms with Crippen molar-refractivity contribution in [2.24, 2.45) is 4.99 Å². The lowest BCUT2D eigenvalue weighted by Gasteiger charge is -2.03. The van der Waals surface area contributed by atoms with Gasteiger partial charge in [0.25, 0.3) is 5.91 Å². The van der Waals surface area contributed by atoms with Gasteiger partial charge in [-0.25, -0.2) is 13.8 Å². The van der Waals surface area contributed by atoms with Crippen LogP contribution in [0, 0.1) is 11.6 Å². The van der Waals surface area contributed by atoms with E-state index in [4.69, 9.17) is 0 Å². The standard InChI is InChI=1S/C22H14F2N2OS/c23-17-11-16(12-18(24)13-17)15-8-6-14(7-9-15)10-20-21(27)26-22(28-20)25-19-4-2-1-3-5-19/h1-13H,(H,25,26,27). The van der Waals surface area contributed by atoms with Crippen LogP contribution in [0.4, 0.5) is 14.5 Å². The van der Waals surface area contributed by atoms with Crippen molar-refractivity contribution < 1.29 is 13.6 Å². The molecule has 1 N–H and O–H groups in total. The maximum atomic E-state index is 13.4. The molecule has 28 heavy (non-hydrogen) atoms. The van der Waals surface area contributed by atoms with Gasteiger partial charge in [0.05, 0.1) is 10.6 Å². The highest BCUT2D eigenvalue weighted by Gasteiger charge is 2.23. The van der Waals surface area contributed by atoms with Crippen LogP contribution in [0.5, 0.6) is 0 Å². The van der Waals surface area contributed by atoms with Crippen molar-refractivity contribution in [3.63, 3.8) is 0 Å². The van der Waals surface area contributed by atoms with Crippen molar-refractivity contribution in [3.05, 3.63) is 94.9 Å². The molecule has 1 aliphatic heterocycles. The number of amides is 1. The zero-order chi connectivity index (χ0) is 19.5. The molecule has 3 nitrogen and oxygen atoms in total. The zero-order valence-electron chi connectivity index (χ0n) is 14.5. The SMILES string of the molecule is O=C1NC(=Nc2ccccc2)SC1=Cc1ccc(-c2cc(F)cc(F)c2)cc1. The molecular weight excluding hydrogens is 378 g/mol. The molecule has 1 amide bonds. The third kappa shape index (κ3) is 4.18. The van der Waals surface area contributed by atoms with E-state index in [9.17, 15) is 13.6 Å². The van der Waals surface area contributed by atoms with Crippen LogP contribution >= 0.6 is 11.8 Å². The van der Waals surface area contributed by atoms with E-state index in [1.807, 2.05) is 30.3 Å². The number of aliphatic imine (C=N–C) groups is 1. The summed E-state index contributed by atoms with van der Waals surface area (Å²) in [6, 6.07) is 19.9. The first kappa shape index (κ1) is 18.1. The van der Waals surface area contributed by atoms with Gasteiger partial charge < -0.3 is 5.32 Å². The molecule has 138 valence electrons. The molecule has 3 aromatic rings. The van der Waals surface area contributed by atoms with E-state index in [2.05, 4.69) is 10.3 Å². The smallest absolute Gasteiger partial charge is 0.264 e. The number of nitrogens with one attached hydrogen (secondary N) is 1. The Hall–Kier alpha value is -3.25. The summed E-state index contributed by atoms with van der Waals surface area (Å²) in [5.41, 5.74) is 2.72. The highest BCUT2D eigenvalue weighted by atomic mass is 32.2. The molecule has 4 rings (SSSR count). The van der Waals surface area contributed by atoms with Gasteiger partial charge in [-0.3, -0.25) is 4.79 Å². The van der Waals surface area contributed by atoms with Gasteiger partial charge in [0.1, 0.15) is 11.6 Å². The molecule has 0 atom stereocenters. The zero-order valence-corrected chi connectivity index (χ0v) is 15.3. The van der Waals surface area contributed by atoms with Gasteiger partial charge in [-0.1, -0.05) is 42.5 Å². The molecule has 1 fully saturated rings. The normalized spacial score (nSPS) is 16.6. The highest BCUT2D eigenvalue weighted by Crippen LogP contribution is 2.29. The average Bonchev–Trinajstić information content (AvgIpc) is 3.01. The van der Waals surface area contributed by atoms with Gasteiger partial charge >= 0.3 is 0 Å². The molecule has 1 heterocycles. The Morgan fingerprint density at radius 3 is 2.21 bits per heavy atom. The fourth-order valence-electron chi connectivity index (χ4n) is 2.74. The van der Waals surface area contributed by atoms with Crippen molar-refractivity contribution >= 4 is 34.6 Å². The number of para-hydroxylation sites is 1. The number of thioether (sulfide) groups is 1. The number of hydrogen-bond acceptors (Lipinski definition) is 3. The number of carbonyl (C=O) groups excluding carboxylic acids is 1. The van der Waals surface area contributed by atoms with E-state index in [0.29, 0.717) is 21.2 Å². The first-order valence-corrected chi connectivity index (χ1v) is 9.30. The summed E-state index contributed by atoms with van der Waals surface area (Å²) < 4.78 is 26.8. The highest BCUT2D eigenvalue weighted by molar-refractivity contribution is 8.18. The Morgan fingerprint density at radius 1 is 0.857 bits per heavy atom. The Balaban J connectivity index is 1.54. The second-order valence-electron chi connectivity index (χ2n) is 6.10. The van der Waals surface area contributed by atoms with E-state index in [1.165, 1.54) is 23.9 Å². The van der Waals surface area contributed by atoms with Gasteiger partial charge in [0.15, 0.2) is 5.17 Å². The first-order valence-electron chi connectivity index (χ1n) is 8.48. The minimum absolute atomic E-state index is 0.212. The van der Waals surface area contributed by atoms with Crippen LogP contribution in [0.1, 0.15) is 5.56 Å². The van der Waals surface area contributed by atoms with Gasteiger partial charge in [-0.15, -0.1) is 0 Å². The molecule has 0 saturated carbocycles. The molecule has 0 aliphatic carbocycles. The lowest BCUT2D eigenvalue weighted by Crippen LogP contribution is -2.19. The van der Waals surface area contributed by atoms with Gasteiger partial charge in [-0.2, -0.15) is 0 Å². The Morgan fingerprint density at radius 2 is 1.54 bits per heavy atom. The number of halogens is 2. The summed E-state index contributed by atoms with van der Waals surface area (Å²) >= 11 is 1.26. The van der Waals surface area contributed by atoms with E-state index in [0.717, 1.165) is 17.3 Å². The summed E-state index contributed by atoms with van der Waals surface area (Å²) in [6.45, 7) is 0. The molecule has 0 radical (unpaired) electrons. The first-order chi connectivity index (χ1) is 13.6. The van der Waals surface area contributed by atoms with Crippen molar-refractivity contribution in [1.82, 2.24) is 5.32 Å². The lowest BCUT2D eigenvalue weighted by atomic mass is 10.0.